The van der Waals surface area contributed by atoms with Crippen LogP contribution in [0.3, 0.4) is 0 Å². The highest BCUT2D eigenvalue weighted by Crippen LogP contribution is 2.20. The predicted molar refractivity (Wildman–Crippen MR) is 131 cm³/mol. The Morgan fingerprint density at radius 1 is 0.567 bits per heavy atom. The summed E-state index contributed by atoms with van der Waals surface area (Å²) < 4.78 is 0. The minimum atomic E-state index is 0.834. The third-order valence-corrected chi connectivity index (χ3v) is 5.90. The molecule has 2 heteroatoms. The average molecular weight is 409 g/mol. The Hall–Kier alpha value is -1.70. The lowest BCUT2D eigenvalue weighted by Gasteiger charge is -2.08. The highest BCUT2D eigenvalue weighted by molar-refractivity contribution is 5.55. The van der Waals surface area contributed by atoms with Crippen molar-refractivity contribution in [3.05, 3.63) is 47.8 Å². The Morgan fingerprint density at radius 2 is 0.967 bits per heavy atom. The minimum absolute atomic E-state index is 0.834. The van der Waals surface area contributed by atoms with Gasteiger partial charge in [-0.25, -0.2) is 0 Å². The molecule has 0 saturated heterocycles. The summed E-state index contributed by atoms with van der Waals surface area (Å²) in [5.74, 6) is 1.67. The Labute approximate surface area is 185 Å². The number of hydrogen-bond acceptors (Lipinski definition) is 2. The number of aryl methyl sites for hydroxylation is 2. The van der Waals surface area contributed by atoms with E-state index in [2.05, 4.69) is 61.9 Å². The molecule has 0 radical (unpaired) electrons. The van der Waals surface area contributed by atoms with Crippen LogP contribution < -0.4 is 0 Å². The van der Waals surface area contributed by atoms with Gasteiger partial charge < -0.3 is 0 Å². The van der Waals surface area contributed by atoms with Gasteiger partial charge in [-0.2, -0.15) is 0 Å². The molecule has 0 atom stereocenters. The largest absolute Gasteiger partial charge is 0.255 e. The number of hydrogen-bond donors (Lipinski definition) is 0. The van der Waals surface area contributed by atoms with Crippen LogP contribution in [-0.4, -0.2) is 9.97 Å². The topological polar surface area (TPSA) is 25.8 Å². The highest BCUT2D eigenvalue weighted by Gasteiger charge is 2.05. The third kappa shape index (κ3) is 10.4. The molecule has 0 saturated carbocycles. The van der Waals surface area contributed by atoms with Crippen LogP contribution in [0.5, 0.6) is 0 Å². The van der Waals surface area contributed by atoms with Crippen molar-refractivity contribution < 1.29 is 0 Å². The first kappa shape index (κ1) is 24.6. The molecule has 0 spiro atoms. The molecule has 2 rings (SSSR count). The molecule has 2 heterocycles. The van der Waals surface area contributed by atoms with E-state index >= 15 is 0 Å². The molecule has 0 aromatic carbocycles. The van der Waals surface area contributed by atoms with E-state index in [1.165, 1.54) is 75.3 Å². The van der Waals surface area contributed by atoms with E-state index < -0.39 is 0 Å². The molecule has 2 aromatic heterocycles. The molecule has 0 aliphatic carbocycles. The highest BCUT2D eigenvalue weighted by atomic mass is 14.8. The summed E-state index contributed by atoms with van der Waals surface area (Å²) in [5, 5.41) is 0. The minimum Gasteiger partial charge on any atom is -0.255 e. The first-order valence-corrected chi connectivity index (χ1v) is 12.4. The second-order valence-electron chi connectivity index (χ2n) is 9.79. The molecule has 0 bridgehead atoms. The molecular formula is C28H44N2. The lowest BCUT2D eigenvalue weighted by Crippen LogP contribution is -1.94. The average Bonchev–Trinajstić information content (AvgIpc) is 2.73. The number of pyridine rings is 2. The Morgan fingerprint density at radius 3 is 1.37 bits per heavy atom. The quantitative estimate of drug-likeness (QED) is 0.276. The maximum atomic E-state index is 4.60. The van der Waals surface area contributed by atoms with Crippen molar-refractivity contribution in [2.75, 3.05) is 0 Å². The molecule has 0 unspecified atom stereocenters. The van der Waals surface area contributed by atoms with Gasteiger partial charge in [0.25, 0.3) is 0 Å². The van der Waals surface area contributed by atoms with E-state index in [-0.39, 0.29) is 0 Å². The Balaban J connectivity index is 1.78. The van der Waals surface area contributed by atoms with E-state index in [0.29, 0.717) is 0 Å². The number of unbranched alkanes of at least 4 members (excludes halogenated alkanes) is 6. The fourth-order valence-electron chi connectivity index (χ4n) is 4.01. The lowest BCUT2D eigenvalue weighted by molar-refractivity contribution is 0.520. The lowest BCUT2D eigenvalue weighted by atomic mass is 10.0. The van der Waals surface area contributed by atoms with Crippen LogP contribution in [0, 0.1) is 11.8 Å². The van der Waals surface area contributed by atoms with Crippen LogP contribution in [-0.2, 0) is 12.8 Å². The molecule has 0 amide bonds. The maximum absolute atomic E-state index is 4.60. The molecular weight excluding hydrogens is 364 g/mol. The molecule has 166 valence electrons. The van der Waals surface area contributed by atoms with Gasteiger partial charge in [0.2, 0.25) is 0 Å². The zero-order chi connectivity index (χ0) is 21.6. The van der Waals surface area contributed by atoms with E-state index in [9.17, 15) is 0 Å². The first-order chi connectivity index (χ1) is 14.5. The number of aromatic nitrogens is 2. The summed E-state index contributed by atoms with van der Waals surface area (Å²) in [4.78, 5) is 9.21. The third-order valence-electron chi connectivity index (χ3n) is 5.90. The SMILES string of the molecule is CC(C)CCCCCCc1ccnc(-c2cc(CCCCCCC(C)C)ccn2)c1. The van der Waals surface area contributed by atoms with Crippen LogP contribution in [0.4, 0.5) is 0 Å². The van der Waals surface area contributed by atoms with Gasteiger partial charge in [-0.3, -0.25) is 9.97 Å². The summed E-state index contributed by atoms with van der Waals surface area (Å²) in [5.41, 5.74) is 4.82. The van der Waals surface area contributed by atoms with Crippen LogP contribution in [0.15, 0.2) is 36.7 Å². The van der Waals surface area contributed by atoms with Gasteiger partial charge in [-0.15, -0.1) is 0 Å². The summed E-state index contributed by atoms with van der Waals surface area (Å²) >= 11 is 0. The van der Waals surface area contributed by atoms with Crippen molar-refractivity contribution in [1.29, 1.82) is 0 Å². The summed E-state index contributed by atoms with van der Waals surface area (Å²) in [6.07, 6.45) is 19.6. The van der Waals surface area contributed by atoms with Crippen molar-refractivity contribution in [1.82, 2.24) is 9.97 Å². The second kappa shape index (κ2) is 14.3. The van der Waals surface area contributed by atoms with E-state index in [1.807, 2.05) is 12.4 Å². The van der Waals surface area contributed by atoms with Crippen molar-refractivity contribution >= 4 is 0 Å². The van der Waals surface area contributed by atoms with E-state index in [4.69, 9.17) is 0 Å². The molecule has 2 nitrogen and oxygen atoms in total. The van der Waals surface area contributed by atoms with Crippen LogP contribution in [0.2, 0.25) is 0 Å². The van der Waals surface area contributed by atoms with Gasteiger partial charge in [-0.05, 0) is 72.9 Å². The van der Waals surface area contributed by atoms with Crippen LogP contribution in [0.25, 0.3) is 11.4 Å². The van der Waals surface area contributed by atoms with Crippen molar-refractivity contribution in [3.63, 3.8) is 0 Å². The van der Waals surface area contributed by atoms with Gasteiger partial charge in [0.05, 0.1) is 11.4 Å². The summed E-state index contributed by atoms with van der Waals surface area (Å²) in [6, 6.07) is 8.82. The molecule has 0 fully saturated rings. The van der Waals surface area contributed by atoms with E-state index in [0.717, 1.165) is 36.1 Å². The van der Waals surface area contributed by atoms with Gasteiger partial charge in [-0.1, -0.05) is 79.1 Å². The van der Waals surface area contributed by atoms with Gasteiger partial charge in [0.15, 0.2) is 0 Å². The van der Waals surface area contributed by atoms with Gasteiger partial charge in [0, 0.05) is 12.4 Å². The standard InChI is InChI=1S/C28H44N2/c1-23(2)13-9-5-7-11-15-25-17-19-29-27(21-25)28-22-26(18-20-30-28)16-12-8-6-10-14-24(3)4/h17-24H,5-16H2,1-4H3. The van der Waals surface area contributed by atoms with E-state index in [1.54, 1.807) is 0 Å². The van der Waals surface area contributed by atoms with Crippen LogP contribution in [0.1, 0.15) is 103 Å². The predicted octanol–water partition coefficient (Wildman–Crippen LogP) is 8.44. The molecule has 0 N–H and O–H groups in total. The van der Waals surface area contributed by atoms with Crippen molar-refractivity contribution in [3.8, 4) is 11.4 Å². The fraction of sp³-hybridized carbons (Fsp3) is 0.643. The molecule has 0 aliphatic rings. The molecule has 30 heavy (non-hydrogen) atoms. The maximum Gasteiger partial charge on any atom is 0.0888 e. The van der Waals surface area contributed by atoms with Gasteiger partial charge in [0.1, 0.15) is 0 Å². The normalized spacial score (nSPS) is 11.5. The first-order valence-electron chi connectivity index (χ1n) is 12.4. The summed E-state index contributed by atoms with van der Waals surface area (Å²) in [7, 11) is 0. The van der Waals surface area contributed by atoms with Crippen molar-refractivity contribution in [2.45, 2.75) is 105 Å². The number of rotatable bonds is 15. The monoisotopic (exact) mass is 408 g/mol. The molecule has 0 aliphatic heterocycles. The smallest absolute Gasteiger partial charge is 0.0888 e. The fourth-order valence-corrected chi connectivity index (χ4v) is 4.01. The second-order valence-corrected chi connectivity index (χ2v) is 9.79. The molecule has 2 aromatic rings. The van der Waals surface area contributed by atoms with Crippen LogP contribution >= 0.6 is 0 Å². The van der Waals surface area contributed by atoms with Gasteiger partial charge >= 0.3 is 0 Å². The van der Waals surface area contributed by atoms with Crippen molar-refractivity contribution in [2.24, 2.45) is 11.8 Å². The summed E-state index contributed by atoms with van der Waals surface area (Å²) in [6.45, 7) is 9.26. The zero-order valence-electron chi connectivity index (χ0n) is 20.0. The Kier molecular flexibility index (Phi) is 11.7. The zero-order valence-corrected chi connectivity index (χ0v) is 20.0. The number of nitrogens with zero attached hydrogens (tertiary/aromatic N) is 2. The Bertz CT molecular complexity index is 644.